The van der Waals surface area contributed by atoms with Gasteiger partial charge in [-0.15, -0.1) is 0 Å². The van der Waals surface area contributed by atoms with Gasteiger partial charge in [0.15, 0.2) is 5.69 Å². The molecule has 0 radical (unpaired) electrons. The molecular weight excluding hydrogens is 418 g/mol. The number of hydrogen-bond acceptors (Lipinski definition) is 11. The lowest BCUT2D eigenvalue weighted by atomic mass is 10.2. The molecule has 1 aromatic carbocycles. The molecule has 3 heterocycles. The average molecular weight is 441 g/mol. The standard InChI is InChI=1S/C20H23N7O5/c21-20-22-11-18(27(28)29)17(25-20)12-32-19-15-3-2-14(10-16(15)23-13-24-19)31-7-1-4-26-5-8-30-9-6-26/h2-3,10-11,13H,1,4-9,12H2,(H2,21,22,25). The summed E-state index contributed by atoms with van der Waals surface area (Å²) in [7, 11) is 0. The molecule has 1 aliphatic heterocycles. The highest BCUT2D eigenvalue weighted by atomic mass is 16.6. The van der Waals surface area contributed by atoms with Crippen molar-refractivity contribution >= 4 is 22.5 Å². The second kappa shape index (κ2) is 10.1. The van der Waals surface area contributed by atoms with Crippen LogP contribution >= 0.6 is 0 Å². The number of nitrogen functional groups attached to an aromatic ring is 1. The summed E-state index contributed by atoms with van der Waals surface area (Å²) in [4.78, 5) is 28.9. The summed E-state index contributed by atoms with van der Waals surface area (Å²) in [5.41, 5.74) is 5.98. The zero-order valence-electron chi connectivity index (χ0n) is 17.3. The van der Waals surface area contributed by atoms with E-state index >= 15 is 0 Å². The summed E-state index contributed by atoms with van der Waals surface area (Å²) < 4.78 is 16.9. The Hall–Kier alpha value is -3.64. The molecule has 0 spiro atoms. The van der Waals surface area contributed by atoms with Gasteiger partial charge in [-0.3, -0.25) is 15.0 Å². The van der Waals surface area contributed by atoms with Gasteiger partial charge in [-0.25, -0.2) is 19.9 Å². The van der Waals surface area contributed by atoms with Crippen molar-refractivity contribution in [2.75, 3.05) is 45.2 Å². The number of hydrogen-bond donors (Lipinski definition) is 1. The van der Waals surface area contributed by atoms with Gasteiger partial charge in [-0.05, 0) is 18.6 Å². The lowest BCUT2D eigenvalue weighted by Crippen LogP contribution is -2.37. The van der Waals surface area contributed by atoms with Gasteiger partial charge in [-0.1, -0.05) is 0 Å². The van der Waals surface area contributed by atoms with Gasteiger partial charge in [0.1, 0.15) is 24.9 Å². The molecular formula is C20H23N7O5. The highest BCUT2D eigenvalue weighted by molar-refractivity contribution is 5.84. The van der Waals surface area contributed by atoms with Gasteiger partial charge in [-0.2, -0.15) is 0 Å². The maximum atomic E-state index is 11.2. The van der Waals surface area contributed by atoms with Crippen LogP contribution in [0.25, 0.3) is 10.9 Å². The van der Waals surface area contributed by atoms with Gasteiger partial charge in [0.25, 0.3) is 0 Å². The van der Waals surface area contributed by atoms with E-state index in [1.807, 2.05) is 12.1 Å². The Morgan fingerprint density at radius 1 is 1.19 bits per heavy atom. The number of benzene rings is 1. The summed E-state index contributed by atoms with van der Waals surface area (Å²) >= 11 is 0. The van der Waals surface area contributed by atoms with Crippen LogP contribution < -0.4 is 15.2 Å². The smallest absolute Gasteiger partial charge is 0.312 e. The van der Waals surface area contributed by atoms with Crippen LogP contribution in [0.3, 0.4) is 0 Å². The number of nitro groups is 1. The average Bonchev–Trinajstić information content (AvgIpc) is 2.81. The van der Waals surface area contributed by atoms with Crippen LogP contribution in [-0.4, -0.2) is 69.2 Å². The molecule has 0 unspecified atom stereocenters. The lowest BCUT2D eigenvalue weighted by molar-refractivity contribution is -0.386. The Balaban J connectivity index is 1.39. The van der Waals surface area contributed by atoms with Crippen molar-refractivity contribution in [2.45, 2.75) is 13.0 Å². The zero-order valence-corrected chi connectivity index (χ0v) is 17.3. The predicted molar refractivity (Wildman–Crippen MR) is 114 cm³/mol. The number of nitrogens with zero attached hydrogens (tertiary/aromatic N) is 6. The fourth-order valence-corrected chi connectivity index (χ4v) is 3.34. The maximum absolute atomic E-state index is 11.2. The predicted octanol–water partition coefficient (Wildman–Crippen LogP) is 1.59. The second-order valence-electron chi connectivity index (χ2n) is 7.12. The molecule has 168 valence electrons. The third kappa shape index (κ3) is 5.34. The highest BCUT2D eigenvalue weighted by Gasteiger charge is 2.18. The number of rotatable bonds is 9. The monoisotopic (exact) mass is 441 g/mol. The molecule has 1 aliphatic rings. The van der Waals surface area contributed by atoms with Crippen LogP contribution in [0.1, 0.15) is 12.1 Å². The molecule has 4 rings (SSSR count). The summed E-state index contributed by atoms with van der Waals surface area (Å²) in [5.74, 6) is 0.904. The minimum atomic E-state index is -0.584. The molecule has 0 aliphatic carbocycles. The Morgan fingerprint density at radius 3 is 2.84 bits per heavy atom. The Kier molecular flexibility index (Phi) is 6.82. The molecule has 0 amide bonds. The first-order chi connectivity index (χ1) is 15.6. The molecule has 0 saturated carbocycles. The number of ether oxygens (including phenoxy) is 3. The van der Waals surface area contributed by atoms with E-state index in [9.17, 15) is 10.1 Å². The molecule has 2 N–H and O–H groups in total. The quantitative estimate of drug-likeness (QED) is 0.293. The fraction of sp³-hybridized carbons (Fsp3) is 0.400. The van der Waals surface area contributed by atoms with Crippen LogP contribution in [0.15, 0.2) is 30.7 Å². The molecule has 1 fully saturated rings. The minimum Gasteiger partial charge on any atom is -0.493 e. The molecule has 0 atom stereocenters. The zero-order chi connectivity index (χ0) is 22.3. The second-order valence-corrected chi connectivity index (χ2v) is 7.12. The first kappa shape index (κ1) is 21.6. The third-order valence-corrected chi connectivity index (χ3v) is 4.97. The third-order valence-electron chi connectivity index (χ3n) is 4.97. The first-order valence-corrected chi connectivity index (χ1v) is 10.2. The maximum Gasteiger partial charge on any atom is 0.312 e. The van der Waals surface area contributed by atoms with Crippen LogP contribution in [0.4, 0.5) is 11.6 Å². The molecule has 32 heavy (non-hydrogen) atoms. The van der Waals surface area contributed by atoms with Crippen LogP contribution in [0.2, 0.25) is 0 Å². The summed E-state index contributed by atoms with van der Waals surface area (Å²) in [5, 5.41) is 11.8. The Bertz CT molecular complexity index is 1090. The van der Waals surface area contributed by atoms with E-state index in [1.54, 1.807) is 6.07 Å². The first-order valence-electron chi connectivity index (χ1n) is 10.2. The van der Waals surface area contributed by atoms with Gasteiger partial charge in [0, 0.05) is 25.7 Å². The molecule has 12 heteroatoms. The normalized spacial score (nSPS) is 14.4. The molecule has 3 aromatic rings. The van der Waals surface area contributed by atoms with E-state index in [0.29, 0.717) is 23.3 Å². The van der Waals surface area contributed by atoms with Crippen molar-refractivity contribution in [3.05, 3.63) is 46.5 Å². The number of fused-ring (bicyclic) bond motifs is 1. The van der Waals surface area contributed by atoms with Gasteiger partial charge in [0.2, 0.25) is 11.8 Å². The molecule has 2 aromatic heterocycles. The van der Waals surface area contributed by atoms with Crippen molar-refractivity contribution in [2.24, 2.45) is 0 Å². The van der Waals surface area contributed by atoms with E-state index in [0.717, 1.165) is 45.5 Å². The van der Waals surface area contributed by atoms with Crippen LogP contribution in [0.5, 0.6) is 11.6 Å². The number of nitrogens with two attached hydrogens (primary N) is 1. The number of aromatic nitrogens is 4. The van der Waals surface area contributed by atoms with Gasteiger partial charge >= 0.3 is 5.69 Å². The van der Waals surface area contributed by atoms with E-state index in [4.69, 9.17) is 19.9 Å². The van der Waals surface area contributed by atoms with E-state index in [2.05, 4.69) is 24.8 Å². The van der Waals surface area contributed by atoms with Crippen molar-refractivity contribution < 1.29 is 19.1 Å². The van der Waals surface area contributed by atoms with Crippen molar-refractivity contribution in [3.8, 4) is 11.6 Å². The summed E-state index contributed by atoms with van der Waals surface area (Å²) in [6.07, 6.45) is 3.33. The highest BCUT2D eigenvalue weighted by Crippen LogP contribution is 2.27. The van der Waals surface area contributed by atoms with Crippen LogP contribution in [0, 0.1) is 10.1 Å². The Morgan fingerprint density at radius 2 is 2.03 bits per heavy atom. The van der Waals surface area contributed by atoms with E-state index in [1.165, 1.54) is 6.33 Å². The molecule has 0 bridgehead atoms. The minimum absolute atomic E-state index is 0.0643. The largest absolute Gasteiger partial charge is 0.493 e. The fourth-order valence-electron chi connectivity index (χ4n) is 3.34. The summed E-state index contributed by atoms with van der Waals surface area (Å²) in [6, 6.07) is 5.42. The van der Waals surface area contributed by atoms with Crippen LogP contribution in [-0.2, 0) is 11.3 Å². The lowest BCUT2D eigenvalue weighted by Gasteiger charge is -2.26. The number of morpholine rings is 1. The Labute approximate surface area is 183 Å². The van der Waals surface area contributed by atoms with Gasteiger partial charge < -0.3 is 19.9 Å². The van der Waals surface area contributed by atoms with Crippen molar-refractivity contribution in [3.63, 3.8) is 0 Å². The number of anilines is 1. The van der Waals surface area contributed by atoms with E-state index in [-0.39, 0.29) is 29.8 Å². The van der Waals surface area contributed by atoms with E-state index < -0.39 is 4.92 Å². The molecule has 1 saturated heterocycles. The molecule has 12 nitrogen and oxygen atoms in total. The van der Waals surface area contributed by atoms with Crippen molar-refractivity contribution in [1.29, 1.82) is 0 Å². The SMILES string of the molecule is Nc1ncc([N+](=O)[O-])c(COc2ncnc3cc(OCCCN4CCOCC4)ccc23)n1. The topological polar surface area (TPSA) is 152 Å². The van der Waals surface area contributed by atoms with Crippen molar-refractivity contribution in [1.82, 2.24) is 24.8 Å². The summed E-state index contributed by atoms with van der Waals surface area (Å²) in [6.45, 7) is 4.86. The van der Waals surface area contributed by atoms with Gasteiger partial charge in [0.05, 0.1) is 35.6 Å².